The number of fused-ring (bicyclic) bond motifs is 1. The van der Waals surface area contributed by atoms with Crippen molar-refractivity contribution in [1.29, 1.82) is 0 Å². The van der Waals surface area contributed by atoms with Crippen molar-refractivity contribution in [1.82, 2.24) is 9.55 Å². The van der Waals surface area contributed by atoms with E-state index in [0.717, 1.165) is 16.9 Å². The zero-order chi connectivity index (χ0) is 22.5. The van der Waals surface area contributed by atoms with Gasteiger partial charge in [0.2, 0.25) is 0 Å². The van der Waals surface area contributed by atoms with Gasteiger partial charge in [-0.3, -0.25) is 0 Å². The Morgan fingerprint density at radius 3 is 2.24 bits per heavy atom. The molecule has 0 bridgehead atoms. The van der Waals surface area contributed by atoms with E-state index in [-0.39, 0.29) is 5.25 Å². The number of ether oxygens (including phenoxy) is 1. The first-order valence-electron chi connectivity index (χ1n) is 10.9. The number of hydrogen-bond acceptors (Lipinski definition) is 3. The molecule has 0 saturated carbocycles. The molecule has 0 aliphatic carbocycles. The summed E-state index contributed by atoms with van der Waals surface area (Å²) in [5.74, 6) is 1.71. The molecule has 0 spiro atoms. The maximum Gasteiger partial charge on any atom is 0.137 e. The van der Waals surface area contributed by atoms with Crippen molar-refractivity contribution >= 4 is 34.4 Å². The van der Waals surface area contributed by atoms with Gasteiger partial charge in [0, 0.05) is 4.90 Å². The van der Waals surface area contributed by atoms with E-state index in [1.54, 1.807) is 0 Å². The molecule has 1 unspecified atom stereocenters. The van der Waals surface area contributed by atoms with Crippen LogP contribution in [0.1, 0.15) is 16.6 Å². The predicted molar refractivity (Wildman–Crippen MR) is 137 cm³/mol. The van der Waals surface area contributed by atoms with Crippen LogP contribution in [0.15, 0.2) is 114 Å². The number of aromatic nitrogens is 2. The number of imidazole rings is 1. The van der Waals surface area contributed by atoms with Crippen LogP contribution in [-0.2, 0) is 6.54 Å². The molecule has 0 aliphatic heterocycles. The summed E-state index contributed by atoms with van der Waals surface area (Å²) in [6.45, 7) is 1.16. The lowest BCUT2D eigenvalue weighted by molar-refractivity contribution is 0.298. The lowest BCUT2D eigenvalue weighted by Crippen LogP contribution is -2.14. The van der Waals surface area contributed by atoms with Crippen molar-refractivity contribution in [3.63, 3.8) is 0 Å². The highest BCUT2D eigenvalue weighted by Crippen LogP contribution is 2.41. The largest absolute Gasteiger partial charge is 0.490 e. The average Bonchev–Trinajstić information content (AvgIpc) is 3.23. The van der Waals surface area contributed by atoms with Crippen LogP contribution in [0.5, 0.6) is 5.75 Å². The van der Waals surface area contributed by atoms with Crippen molar-refractivity contribution in [3.8, 4) is 5.75 Å². The number of nitrogens with zero attached hydrogens (tertiary/aromatic N) is 2. The van der Waals surface area contributed by atoms with E-state index in [0.29, 0.717) is 23.9 Å². The van der Waals surface area contributed by atoms with Crippen LogP contribution in [0.25, 0.3) is 11.0 Å². The Hall–Kier alpha value is -3.21. The predicted octanol–water partition coefficient (Wildman–Crippen LogP) is 7.65. The molecule has 33 heavy (non-hydrogen) atoms. The van der Waals surface area contributed by atoms with Gasteiger partial charge in [-0.1, -0.05) is 84.4 Å². The van der Waals surface area contributed by atoms with Crippen LogP contribution >= 0.6 is 23.4 Å². The highest BCUT2D eigenvalue weighted by molar-refractivity contribution is 7.99. The van der Waals surface area contributed by atoms with Crippen molar-refractivity contribution in [2.24, 2.45) is 0 Å². The molecule has 5 heteroatoms. The SMILES string of the molecule is Clc1ccccc1OCCn1c(C(Sc2ccccc2)c2ccccc2)nc2ccccc21. The second-order valence-corrected chi connectivity index (χ2v) is 9.20. The fourth-order valence-electron chi connectivity index (χ4n) is 3.87. The Bertz CT molecular complexity index is 1340. The van der Waals surface area contributed by atoms with Gasteiger partial charge in [0.25, 0.3) is 0 Å². The first kappa shape index (κ1) is 21.6. The quantitative estimate of drug-likeness (QED) is 0.218. The first-order valence-corrected chi connectivity index (χ1v) is 12.1. The Kier molecular flexibility index (Phi) is 6.66. The van der Waals surface area contributed by atoms with Gasteiger partial charge in [0.15, 0.2) is 0 Å². The first-order chi connectivity index (χ1) is 16.3. The second-order valence-electron chi connectivity index (χ2n) is 7.61. The Labute approximate surface area is 203 Å². The van der Waals surface area contributed by atoms with Crippen LogP contribution in [-0.4, -0.2) is 16.2 Å². The zero-order valence-electron chi connectivity index (χ0n) is 18.0. The molecule has 1 aromatic heterocycles. The van der Waals surface area contributed by atoms with Crippen molar-refractivity contribution < 1.29 is 4.74 Å². The average molecular weight is 471 g/mol. The molecule has 0 fully saturated rings. The topological polar surface area (TPSA) is 27.1 Å². The third-order valence-corrected chi connectivity index (χ3v) is 7.00. The normalized spacial score (nSPS) is 12.0. The van der Waals surface area contributed by atoms with Crippen molar-refractivity contribution in [2.75, 3.05) is 6.61 Å². The molecule has 5 rings (SSSR count). The second kappa shape index (κ2) is 10.2. The van der Waals surface area contributed by atoms with Gasteiger partial charge in [0.05, 0.1) is 27.9 Å². The summed E-state index contributed by atoms with van der Waals surface area (Å²) < 4.78 is 8.31. The third-order valence-electron chi connectivity index (χ3n) is 5.43. The van der Waals surface area contributed by atoms with E-state index in [4.69, 9.17) is 21.3 Å². The summed E-state index contributed by atoms with van der Waals surface area (Å²) in [6, 6.07) is 36.9. The molecule has 0 radical (unpaired) electrons. The van der Waals surface area contributed by atoms with Crippen LogP contribution in [0, 0.1) is 0 Å². The number of thioether (sulfide) groups is 1. The van der Waals surface area contributed by atoms with Crippen LogP contribution in [0.3, 0.4) is 0 Å². The van der Waals surface area contributed by atoms with Gasteiger partial charge >= 0.3 is 0 Å². The molecular weight excluding hydrogens is 448 g/mol. The van der Waals surface area contributed by atoms with Crippen molar-refractivity contribution in [2.45, 2.75) is 16.7 Å². The number of para-hydroxylation sites is 3. The molecule has 1 atom stereocenters. The Balaban J connectivity index is 1.52. The van der Waals surface area contributed by atoms with Gasteiger partial charge in [-0.05, 0) is 42.0 Å². The number of halogens is 1. The highest BCUT2D eigenvalue weighted by atomic mass is 35.5. The molecule has 164 valence electrons. The molecule has 1 heterocycles. The molecule has 4 aromatic carbocycles. The van der Waals surface area contributed by atoms with E-state index in [1.165, 1.54) is 10.5 Å². The number of benzene rings is 4. The highest BCUT2D eigenvalue weighted by Gasteiger charge is 2.23. The summed E-state index contributed by atoms with van der Waals surface area (Å²) in [7, 11) is 0. The molecule has 0 N–H and O–H groups in total. The summed E-state index contributed by atoms with van der Waals surface area (Å²) >= 11 is 8.10. The van der Waals surface area contributed by atoms with Gasteiger partial charge in [-0.15, -0.1) is 11.8 Å². The summed E-state index contributed by atoms with van der Waals surface area (Å²) in [6.07, 6.45) is 0. The minimum absolute atomic E-state index is 0.0429. The number of hydrogen-bond donors (Lipinski definition) is 0. The van der Waals surface area contributed by atoms with Gasteiger partial charge in [0.1, 0.15) is 18.2 Å². The zero-order valence-corrected chi connectivity index (χ0v) is 19.5. The Morgan fingerprint density at radius 1 is 0.788 bits per heavy atom. The maximum absolute atomic E-state index is 6.28. The molecule has 3 nitrogen and oxygen atoms in total. The minimum atomic E-state index is 0.0429. The van der Waals surface area contributed by atoms with Crippen LogP contribution < -0.4 is 4.74 Å². The van der Waals surface area contributed by atoms with E-state index in [2.05, 4.69) is 71.3 Å². The summed E-state index contributed by atoms with van der Waals surface area (Å²) in [5.41, 5.74) is 3.31. The summed E-state index contributed by atoms with van der Waals surface area (Å²) in [4.78, 5) is 6.30. The molecule has 0 saturated heterocycles. The van der Waals surface area contributed by atoms with Gasteiger partial charge < -0.3 is 9.30 Å². The third kappa shape index (κ3) is 4.92. The van der Waals surface area contributed by atoms with E-state index in [1.807, 2.05) is 54.2 Å². The standard InChI is InChI=1S/C28H23ClN2OS/c29-23-15-7-10-18-26(23)32-20-19-31-25-17-9-8-16-24(25)30-28(31)27(21-11-3-1-4-12-21)33-22-13-5-2-6-14-22/h1-18,27H,19-20H2. The number of rotatable bonds is 8. The summed E-state index contributed by atoms with van der Waals surface area (Å²) in [5, 5.41) is 0.663. The van der Waals surface area contributed by atoms with Gasteiger partial charge in [-0.2, -0.15) is 0 Å². The minimum Gasteiger partial charge on any atom is -0.490 e. The molecule has 0 amide bonds. The molecular formula is C28H23ClN2OS. The fourth-order valence-corrected chi connectivity index (χ4v) is 5.23. The van der Waals surface area contributed by atoms with Crippen molar-refractivity contribution in [3.05, 3.63) is 126 Å². The monoisotopic (exact) mass is 470 g/mol. The van der Waals surface area contributed by atoms with E-state index < -0.39 is 0 Å². The van der Waals surface area contributed by atoms with Gasteiger partial charge in [-0.25, -0.2) is 4.98 Å². The Morgan fingerprint density at radius 2 is 1.45 bits per heavy atom. The van der Waals surface area contributed by atoms with E-state index in [9.17, 15) is 0 Å². The maximum atomic E-state index is 6.28. The van der Waals surface area contributed by atoms with E-state index >= 15 is 0 Å². The molecule has 5 aromatic rings. The lowest BCUT2D eigenvalue weighted by atomic mass is 10.1. The fraction of sp³-hybridized carbons (Fsp3) is 0.107. The lowest BCUT2D eigenvalue weighted by Gasteiger charge is -2.19. The molecule has 0 aliphatic rings. The van der Waals surface area contributed by atoms with Crippen LogP contribution in [0.2, 0.25) is 5.02 Å². The van der Waals surface area contributed by atoms with Crippen LogP contribution in [0.4, 0.5) is 0 Å². The smallest absolute Gasteiger partial charge is 0.137 e.